The lowest BCUT2D eigenvalue weighted by Crippen LogP contribution is -2.19. The number of carboxylic acids is 1. The lowest BCUT2D eigenvalue weighted by Gasteiger charge is -2.26. The Kier molecular flexibility index (Phi) is 6.90. The summed E-state index contributed by atoms with van der Waals surface area (Å²) in [6.45, 7) is 1.70. The molecule has 6 heteroatoms. The average molecular weight is 433 g/mol. The Balaban J connectivity index is 1.40. The summed E-state index contributed by atoms with van der Waals surface area (Å²) < 4.78 is 5.48. The van der Waals surface area contributed by atoms with Crippen molar-refractivity contribution in [3.8, 4) is 5.75 Å². The molecule has 0 saturated heterocycles. The van der Waals surface area contributed by atoms with Gasteiger partial charge in [0.1, 0.15) is 5.75 Å². The second-order valence-electron chi connectivity index (χ2n) is 8.26. The van der Waals surface area contributed by atoms with Gasteiger partial charge in [0.05, 0.1) is 5.71 Å². The van der Waals surface area contributed by atoms with E-state index in [-0.39, 0.29) is 12.7 Å². The quantitative estimate of drug-likeness (QED) is 0.362. The molecule has 0 saturated carbocycles. The molecule has 4 rings (SSSR count). The number of fused-ring (bicyclic) bond motifs is 1. The van der Waals surface area contributed by atoms with Gasteiger partial charge in [-0.2, -0.15) is 0 Å². The first-order chi connectivity index (χ1) is 15.6. The van der Waals surface area contributed by atoms with E-state index >= 15 is 0 Å². The number of hydrogen-bond donors (Lipinski definition) is 2. The van der Waals surface area contributed by atoms with Crippen molar-refractivity contribution in [3.63, 3.8) is 0 Å². The topological polar surface area (TPSA) is 83.9 Å². The number of aromatic amines is 1. The fourth-order valence-corrected chi connectivity index (χ4v) is 4.34. The molecular formula is C26H28N2O4. The third kappa shape index (κ3) is 5.38. The number of H-pyrrole nitrogens is 1. The van der Waals surface area contributed by atoms with Crippen LogP contribution in [0.1, 0.15) is 48.1 Å². The number of benzene rings is 2. The number of nitrogens with one attached hydrogen (secondary N) is 1. The summed E-state index contributed by atoms with van der Waals surface area (Å²) >= 11 is 0. The van der Waals surface area contributed by atoms with E-state index in [1.165, 1.54) is 5.56 Å². The lowest BCUT2D eigenvalue weighted by atomic mass is 9.81. The van der Waals surface area contributed by atoms with Crippen molar-refractivity contribution in [2.24, 2.45) is 11.1 Å². The summed E-state index contributed by atoms with van der Waals surface area (Å²) in [6, 6.07) is 18.0. The molecule has 0 fully saturated rings. The molecule has 0 radical (unpaired) electrons. The molecule has 166 valence electrons. The first-order valence-electron chi connectivity index (χ1n) is 10.9. The molecule has 2 aromatic carbocycles. The summed E-state index contributed by atoms with van der Waals surface area (Å²) in [5, 5.41) is 13.4. The predicted octanol–water partition coefficient (Wildman–Crippen LogP) is 5.16. The molecule has 1 aromatic heterocycles. The third-order valence-corrected chi connectivity index (χ3v) is 5.82. The highest BCUT2D eigenvalue weighted by Gasteiger charge is 2.23. The number of ether oxygens (including phenoxy) is 1. The molecule has 2 N–H and O–H groups in total. The second-order valence-corrected chi connectivity index (χ2v) is 8.26. The minimum atomic E-state index is -0.962. The van der Waals surface area contributed by atoms with Crippen molar-refractivity contribution in [1.29, 1.82) is 0 Å². The van der Waals surface area contributed by atoms with Crippen LogP contribution in [0.3, 0.4) is 0 Å². The average Bonchev–Trinajstić information content (AvgIpc) is 3.33. The van der Waals surface area contributed by atoms with Crippen LogP contribution in [0.4, 0.5) is 0 Å². The molecule has 1 aliphatic carbocycles. The van der Waals surface area contributed by atoms with Gasteiger partial charge in [0, 0.05) is 18.0 Å². The van der Waals surface area contributed by atoms with Crippen LogP contribution in [0.2, 0.25) is 0 Å². The summed E-state index contributed by atoms with van der Waals surface area (Å²) in [5.74, 6) is 0.192. The van der Waals surface area contributed by atoms with Crippen LogP contribution in [0.5, 0.6) is 5.75 Å². The van der Waals surface area contributed by atoms with Crippen LogP contribution >= 0.6 is 0 Å². The zero-order valence-corrected chi connectivity index (χ0v) is 18.2. The molecule has 6 nitrogen and oxygen atoms in total. The Labute approximate surface area is 187 Å². The summed E-state index contributed by atoms with van der Waals surface area (Å²) in [7, 11) is 0. The third-order valence-electron chi connectivity index (χ3n) is 5.82. The largest absolute Gasteiger partial charge is 0.482 e. The van der Waals surface area contributed by atoms with Crippen molar-refractivity contribution in [1.82, 2.24) is 4.98 Å². The van der Waals surface area contributed by atoms with Crippen molar-refractivity contribution in [2.75, 3.05) is 6.61 Å². The van der Waals surface area contributed by atoms with Crippen molar-refractivity contribution < 1.29 is 19.5 Å². The molecule has 1 heterocycles. The number of carbonyl (C=O) groups is 1. The normalized spacial score (nSPS) is 16.8. The van der Waals surface area contributed by atoms with Gasteiger partial charge in [-0.05, 0) is 67.3 Å². The van der Waals surface area contributed by atoms with E-state index in [0.717, 1.165) is 48.1 Å². The molecule has 32 heavy (non-hydrogen) atoms. The first kappa shape index (κ1) is 21.7. The minimum absolute atomic E-state index is 0.251. The van der Waals surface area contributed by atoms with Gasteiger partial charge in [-0.25, -0.2) is 4.79 Å². The van der Waals surface area contributed by atoms with Gasteiger partial charge >= 0.3 is 5.97 Å². The van der Waals surface area contributed by atoms with Crippen LogP contribution in [0.15, 0.2) is 72.1 Å². The smallest absolute Gasteiger partial charge is 0.341 e. The van der Waals surface area contributed by atoms with Crippen LogP contribution in [-0.4, -0.2) is 28.4 Å². The molecule has 0 amide bonds. The number of nitrogens with zero attached hydrogens (tertiary/aromatic N) is 1. The van der Waals surface area contributed by atoms with E-state index in [1.807, 2.05) is 67.8 Å². The van der Waals surface area contributed by atoms with Gasteiger partial charge in [0.2, 0.25) is 0 Å². The van der Waals surface area contributed by atoms with Gasteiger partial charge in [-0.3, -0.25) is 0 Å². The monoisotopic (exact) mass is 432 g/mol. The van der Waals surface area contributed by atoms with Gasteiger partial charge in [0.15, 0.2) is 12.7 Å². The number of aliphatic carboxylic acids is 1. The van der Waals surface area contributed by atoms with Crippen LogP contribution in [0.25, 0.3) is 0 Å². The number of hydrogen-bond acceptors (Lipinski definition) is 4. The van der Waals surface area contributed by atoms with Gasteiger partial charge in [-0.15, -0.1) is 0 Å². The maximum atomic E-state index is 10.8. The highest BCUT2D eigenvalue weighted by molar-refractivity contribution is 5.81. The number of oxime groups is 1. The van der Waals surface area contributed by atoms with Crippen LogP contribution in [-0.2, 0) is 22.5 Å². The fraction of sp³-hybridized carbons (Fsp3) is 0.308. The second kappa shape index (κ2) is 10.2. The van der Waals surface area contributed by atoms with E-state index in [9.17, 15) is 4.79 Å². The Morgan fingerprint density at radius 2 is 2.00 bits per heavy atom. The Morgan fingerprint density at radius 3 is 2.75 bits per heavy atom. The Morgan fingerprint density at radius 1 is 1.16 bits per heavy atom. The maximum Gasteiger partial charge on any atom is 0.341 e. The Hall–Kier alpha value is -3.54. The van der Waals surface area contributed by atoms with E-state index in [2.05, 4.69) is 16.2 Å². The van der Waals surface area contributed by atoms with Crippen molar-refractivity contribution >= 4 is 11.7 Å². The molecule has 0 bridgehead atoms. The van der Waals surface area contributed by atoms with E-state index < -0.39 is 5.97 Å². The summed E-state index contributed by atoms with van der Waals surface area (Å²) in [5.41, 5.74) is 5.42. The van der Waals surface area contributed by atoms with E-state index in [1.54, 1.807) is 0 Å². The SMILES string of the molecule is C/C(CC1CCc2c(cccc2OCC(=O)O)C1)=N/OC(c1ccccc1)c1cc[nH]c1. The summed E-state index contributed by atoms with van der Waals surface area (Å²) in [4.78, 5) is 19.9. The lowest BCUT2D eigenvalue weighted by molar-refractivity contribution is -0.139. The molecule has 0 aliphatic heterocycles. The highest BCUT2D eigenvalue weighted by atomic mass is 16.6. The number of aromatic nitrogens is 1. The zero-order chi connectivity index (χ0) is 22.3. The number of rotatable bonds is 9. The fourth-order valence-electron chi connectivity index (χ4n) is 4.34. The zero-order valence-electron chi connectivity index (χ0n) is 18.2. The van der Waals surface area contributed by atoms with E-state index in [0.29, 0.717) is 11.7 Å². The van der Waals surface area contributed by atoms with E-state index in [4.69, 9.17) is 14.7 Å². The number of carboxylic acid groups (broad SMARTS) is 1. The summed E-state index contributed by atoms with van der Waals surface area (Å²) in [6.07, 6.45) is 7.23. The predicted molar refractivity (Wildman–Crippen MR) is 123 cm³/mol. The minimum Gasteiger partial charge on any atom is -0.482 e. The maximum absolute atomic E-state index is 10.8. The molecule has 2 atom stereocenters. The highest BCUT2D eigenvalue weighted by Crippen LogP contribution is 2.34. The first-order valence-corrected chi connectivity index (χ1v) is 10.9. The van der Waals surface area contributed by atoms with Crippen LogP contribution in [0, 0.1) is 5.92 Å². The molecule has 0 spiro atoms. The molecule has 3 aromatic rings. The van der Waals surface area contributed by atoms with Crippen LogP contribution < -0.4 is 4.74 Å². The van der Waals surface area contributed by atoms with Gasteiger partial charge < -0.3 is 19.7 Å². The molecule has 1 aliphatic rings. The van der Waals surface area contributed by atoms with Crippen molar-refractivity contribution in [2.45, 2.75) is 38.7 Å². The van der Waals surface area contributed by atoms with Gasteiger partial charge in [0.25, 0.3) is 0 Å². The Bertz CT molecular complexity index is 1060. The van der Waals surface area contributed by atoms with Crippen molar-refractivity contribution in [3.05, 3.63) is 89.2 Å². The molecular weight excluding hydrogens is 404 g/mol. The standard InChI is InChI=1S/C26H28N2O4/c1-18(28-32-26(22-12-13-27-16-22)20-6-3-2-4-7-20)14-19-10-11-23-21(15-19)8-5-9-24(23)31-17-25(29)30/h2-9,12-13,16,19,26-27H,10-11,14-15,17H2,1H3,(H,29,30)/b28-18-. The van der Waals surface area contributed by atoms with Gasteiger partial charge in [-0.1, -0.05) is 47.6 Å². The molecule has 2 unspecified atom stereocenters.